The van der Waals surface area contributed by atoms with Crippen LogP contribution in [0, 0.1) is 27.9 Å². The summed E-state index contributed by atoms with van der Waals surface area (Å²) in [5.74, 6) is -5.94. The second kappa shape index (κ2) is 5.63. The topological polar surface area (TPSA) is 122 Å². The molecule has 1 rings (SSSR count). The van der Waals surface area contributed by atoms with Gasteiger partial charge in [0.05, 0.1) is 39.1 Å². The van der Waals surface area contributed by atoms with Crippen LogP contribution in [0.3, 0.4) is 0 Å². The van der Waals surface area contributed by atoms with Crippen LogP contribution in [0.4, 0.5) is 0 Å². The van der Waals surface area contributed by atoms with Gasteiger partial charge in [0.15, 0.2) is 0 Å². The third kappa shape index (κ3) is 2.64. The van der Waals surface area contributed by atoms with Gasteiger partial charge < -0.3 is 14.2 Å². The van der Waals surface area contributed by atoms with Gasteiger partial charge in [0.2, 0.25) is 0 Å². The molecule has 1 aliphatic carbocycles. The number of methoxy groups -OCH3 is 3. The second-order valence-electron chi connectivity index (χ2n) is 3.93. The number of nitrogens with zero attached hydrogens (tertiary/aromatic N) is 1. The van der Waals surface area contributed by atoms with E-state index in [-0.39, 0.29) is 0 Å². The van der Waals surface area contributed by atoms with Crippen LogP contribution in [0.2, 0.25) is 0 Å². The molecule has 1 saturated carbocycles. The van der Waals surface area contributed by atoms with Gasteiger partial charge in [-0.3, -0.25) is 19.7 Å². The van der Waals surface area contributed by atoms with Crippen molar-refractivity contribution < 1.29 is 33.5 Å². The molecule has 0 spiro atoms. The number of nitro groups is 1. The largest absolute Gasteiger partial charge is 0.469 e. The second-order valence-corrected chi connectivity index (χ2v) is 3.93. The molecular formula is C10H13NO8. The van der Waals surface area contributed by atoms with Gasteiger partial charge in [-0.05, 0) is 0 Å². The van der Waals surface area contributed by atoms with Crippen LogP contribution in [-0.4, -0.2) is 50.2 Å². The summed E-state index contributed by atoms with van der Waals surface area (Å²) in [5, 5.41) is 10.9. The van der Waals surface area contributed by atoms with E-state index in [4.69, 9.17) is 0 Å². The van der Waals surface area contributed by atoms with Gasteiger partial charge in [-0.15, -0.1) is 0 Å². The van der Waals surface area contributed by atoms with E-state index in [1.54, 1.807) is 0 Å². The molecular weight excluding hydrogens is 262 g/mol. The van der Waals surface area contributed by atoms with Gasteiger partial charge in [0.25, 0.3) is 0 Å². The molecule has 106 valence electrons. The maximum atomic E-state index is 11.4. The van der Waals surface area contributed by atoms with Gasteiger partial charge >= 0.3 is 23.9 Å². The lowest BCUT2D eigenvalue weighted by atomic mass is 10.1. The van der Waals surface area contributed by atoms with Crippen molar-refractivity contribution in [2.24, 2.45) is 17.8 Å². The highest BCUT2D eigenvalue weighted by Crippen LogP contribution is 2.51. The van der Waals surface area contributed by atoms with Gasteiger partial charge in [-0.25, -0.2) is 4.79 Å². The van der Waals surface area contributed by atoms with E-state index in [9.17, 15) is 24.5 Å². The van der Waals surface area contributed by atoms with Crippen molar-refractivity contribution in [3.63, 3.8) is 0 Å². The van der Waals surface area contributed by atoms with Crippen molar-refractivity contribution in [3.05, 3.63) is 10.1 Å². The van der Waals surface area contributed by atoms with Crippen LogP contribution in [0.5, 0.6) is 0 Å². The van der Waals surface area contributed by atoms with E-state index in [0.29, 0.717) is 0 Å². The first-order valence-electron chi connectivity index (χ1n) is 5.27. The highest BCUT2D eigenvalue weighted by Gasteiger charge is 2.69. The highest BCUT2D eigenvalue weighted by atomic mass is 16.6. The van der Waals surface area contributed by atoms with Crippen molar-refractivity contribution in [1.29, 1.82) is 0 Å². The molecule has 0 saturated heterocycles. The molecule has 0 aromatic heterocycles. The summed E-state index contributed by atoms with van der Waals surface area (Å²) in [6.45, 7) is 0. The minimum atomic E-state index is -1.79. The van der Waals surface area contributed by atoms with Gasteiger partial charge in [-0.1, -0.05) is 0 Å². The third-order valence-electron chi connectivity index (χ3n) is 3.06. The molecule has 0 aromatic rings. The zero-order valence-electron chi connectivity index (χ0n) is 10.5. The predicted octanol–water partition coefficient (Wildman–Crippen LogP) is -0.987. The average Bonchev–Trinajstić information content (AvgIpc) is 3.11. The van der Waals surface area contributed by atoms with Gasteiger partial charge in [0, 0.05) is 4.92 Å². The lowest BCUT2D eigenvalue weighted by Crippen LogP contribution is -2.34. The zero-order chi connectivity index (χ0) is 14.7. The maximum absolute atomic E-state index is 11.4. The summed E-state index contributed by atoms with van der Waals surface area (Å²) in [7, 11) is 3.16. The third-order valence-corrected chi connectivity index (χ3v) is 3.06. The molecule has 0 bridgehead atoms. The fraction of sp³-hybridized carbons (Fsp3) is 0.700. The summed E-state index contributed by atoms with van der Waals surface area (Å²) < 4.78 is 13.2. The molecule has 1 aliphatic rings. The molecule has 0 aliphatic heterocycles. The Bertz CT molecular complexity index is 398. The number of hydrogen-bond donors (Lipinski definition) is 0. The summed E-state index contributed by atoms with van der Waals surface area (Å²) in [6, 6.07) is -1.79. The fourth-order valence-corrected chi connectivity index (χ4v) is 2.11. The number of esters is 3. The minimum Gasteiger partial charge on any atom is -0.469 e. The Morgan fingerprint density at radius 1 is 1.00 bits per heavy atom. The lowest BCUT2D eigenvalue weighted by molar-refractivity contribution is -0.515. The quantitative estimate of drug-likeness (QED) is 0.271. The fourth-order valence-electron chi connectivity index (χ4n) is 2.11. The summed E-state index contributed by atoms with van der Waals surface area (Å²) in [4.78, 5) is 44.3. The zero-order valence-corrected chi connectivity index (χ0v) is 10.5. The Kier molecular flexibility index (Phi) is 4.41. The molecule has 3 atom stereocenters. The predicted molar refractivity (Wildman–Crippen MR) is 57.3 cm³/mol. The van der Waals surface area contributed by atoms with Crippen LogP contribution < -0.4 is 0 Å². The molecule has 0 radical (unpaired) electrons. The Labute approximate surface area is 107 Å². The first-order valence-corrected chi connectivity index (χ1v) is 5.27. The standard InChI is InChI=1S/C10H13NO8/c1-17-8(12)5-4(6(5)9(13)18-2)7(11(15)16)10(14)19-3/h4-7H,1-3H3/t5-,6-,7?/m1/s1. The van der Waals surface area contributed by atoms with Gasteiger partial charge in [-0.2, -0.15) is 0 Å². The van der Waals surface area contributed by atoms with Crippen LogP contribution in [0.25, 0.3) is 0 Å². The lowest BCUT2D eigenvalue weighted by Gasteiger charge is -2.06. The van der Waals surface area contributed by atoms with Crippen molar-refractivity contribution in [1.82, 2.24) is 0 Å². The number of carbonyl (C=O) groups is 3. The smallest absolute Gasteiger partial charge is 0.381 e. The molecule has 19 heavy (non-hydrogen) atoms. The minimum absolute atomic E-state index is 0.795. The molecule has 0 N–H and O–H groups in total. The Balaban J connectivity index is 3.01. The SMILES string of the molecule is COC(=O)C(C1[C@@H](C(=O)OC)[C@@H]1C(=O)OC)[N+](=O)[O-]. The normalized spacial score (nSPS) is 25.9. The van der Waals surface area contributed by atoms with Crippen molar-refractivity contribution in [2.45, 2.75) is 6.04 Å². The Morgan fingerprint density at radius 3 is 1.68 bits per heavy atom. The van der Waals surface area contributed by atoms with Crippen LogP contribution in [0.1, 0.15) is 0 Å². The van der Waals surface area contributed by atoms with E-state index in [1.165, 1.54) is 0 Å². The van der Waals surface area contributed by atoms with Crippen molar-refractivity contribution in [3.8, 4) is 0 Å². The first-order chi connectivity index (χ1) is 8.90. The van der Waals surface area contributed by atoms with E-state index in [2.05, 4.69) is 14.2 Å². The molecule has 9 nitrogen and oxygen atoms in total. The summed E-state index contributed by atoms with van der Waals surface area (Å²) in [5.41, 5.74) is 0. The molecule has 0 aromatic carbocycles. The average molecular weight is 275 g/mol. The highest BCUT2D eigenvalue weighted by molar-refractivity contribution is 5.90. The number of rotatable bonds is 5. The van der Waals surface area contributed by atoms with Crippen LogP contribution >= 0.6 is 0 Å². The molecule has 9 heteroatoms. The number of carbonyl (C=O) groups excluding carboxylic acids is 3. The van der Waals surface area contributed by atoms with E-state index >= 15 is 0 Å². The van der Waals surface area contributed by atoms with E-state index in [1.807, 2.05) is 0 Å². The van der Waals surface area contributed by atoms with Crippen LogP contribution in [0.15, 0.2) is 0 Å². The molecule has 0 heterocycles. The van der Waals surface area contributed by atoms with Gasteiger partial charge in [0.1, 0.15) is 0 Å². The summed E-state index contributed by atoms with van der Waals surface area (Å²) >= 11 is 0. The number of ether oxygens (including phenoxy) is 3. The first kappa shape index (κ1) is 14.9. The Hall–Kier alpha value is -2.19. The maximum Gasteiger partial charge on any atom is 0.381 e. The Morgan fingerprint density at radius 2 is 1.42 bits per heavy atom. The molecule has 0 amide bonds. The summed E-state index contributed by atoms with van der Waals surface area (Å²) in [6.07, 6.45) is 0. The monoisotopic (exact) mass is 275 g/mol. The number of hydrogen-bond acceptors (Lipinski definition) is 8. The van der Waals surface area contributed by atoms with E-state index < -0.39 is 46.6 Å². The van der Waals surface area contributed by atoms with Crippen LogP contribution in [-0.2, 0) is 28.6 Å². The molecule has 1 fully saturated rings. The van der Waals surface area contributed by atoms with Crippen molar-refractivity contribution >= 4 is 17.9 Å². The van der Waals surface area contributed by atoms with E-state index in [0.717, 1.165) is 21.3 Å². The van der Waals surface area contributed by atoms with Crippen molar-refractivity contribution in [2.75, 3.05) is 21.3 Å². The molecule has 1 unspecified atom stereocenters.